The summed E-state index contributed by atoms with van der Waals surface area (Å²) in [5.41, 5.74) is 5.22. The van der Waals surface area contributed by atoms with Gasteiger partial charge in [0.25, 0.3) is 0 Å². The van der Waals surface area contributed by atoms with Crippen LogP contribution in [-0.2, 0) is 4.79 Å². The fourth-order valence-electron chi connectivity index (χ4n) is 2.50. The molecular formula is C12H23N3O2. The van der Waals surface area contributed by atoms with E-state index in [1.165, 1.54) is 0 Å². The lowest BCUT2D eigenvalue weighted by molar-refractivity contribution is -0.131. The van der Waals surface area contributed by atoms with Crippen LogP contribution in [0.2, 0.25) is 0 Å². The lowest BCUT2D eigenvalue weighted by Gasteiger charge is -2.25. The number of hydrogen-bond acceptors (Lipinski definition) is 3. The molecule has 17 heavy (non-hydrogen) atoms. The first-order valence-corrected chi connectivity index (χ1v) is 6.39. The van der Waals surface area contributed by atoms with Gasteiger partial charge < -0.3 is 16.3 Å². The van der Waals surface area contributed by atoms with E-state index in [4.69, 9.17) is 10.9 Å². The van der Waals surface area contributed by atoms with E-state index in [-0.39, 0.29) is 17.2 Å². The van der Waals surface area contributed by atoms with E-state index < -0.39 is 0 Å². The Hall–Kier alpha value is -1.26. The first kappa shape index (κ1) is 13.8. The second-order valence-corrected chi connectivity index (χ2v) is 4.79. The highest BCUT2D eigenvalue weighted by Crippen LogP contribution is 2.40. The second-order valence-electron chi connectivity index (χ2n) is 4.79. The highest BCUT2D eigenvalue weighted by atomic mass is 16.4. The van der Waals surface area contributed by atoms with Gasteiger partial charge in [-0.05, 0) is 25.7 Å². The molecule has 1 saturated carbocycles. The van der Waals surface area contributed by atoms with Crippen LogP contribution in [-0.4, -0.2) is 23.5 Å². The molecular weight excluding hydrogens is 218 g/mol. The average Bonchev–Trinajstić information content (AvgIpc) is 2.83. The first-order valence-electron chi connectivity index (χ1n) is 6.39. The highest BCUT2D eigenvalue weighted by Gasteiger charge is 2.38. The van der Waals surface area contributed by atoms with Crippen molar-refractivity contribution in [1.29, 1.82) is 0 Å². The molecule has 0 radical (unpaired) electrons. The smallest absolute Gasteiger partial charge is 0.226 e. The molecule has 98 valence electrons. The lowest BCUT2D eigenvalue weighted by Crippen LogP contribution is -2.39. The van der Waals surface area contributed by atoms with Gasteiger partial charge in [-0.15, -0.1) is 0 Å². The third-order valence-corrected chi connectivity index (χ3v) is 3.74. The summed E-state index contributed by atoms with van der Waals surface area (Å²) in [6.07, 6.45) is 6.47. The molecule has 0 aromatic heterocycles. The van der Waals surface area contributed by atoms with Crippen molar-refractivity contribution in [2.24, 2.45) is 16.3 Å². The molecule has 0 heterocycles. The molecule has 1 aliphatic carbocycles. The van der Waals surface area contributed by atoms with Crippen molar-refractivity contribution in [2.75, 3.05) is 6.54 Å². The minimum Gasteiger partial charge on any atom is -0.409 e. The molecule has 1 fully saturated rings. The van der Waals surface area contributed by atoms with Crippen molar-refractivity contribution >= 4 is 11.7 Å². The van der Waals surface area contributed by atoms with Crippen LogP contribution in [0.4, 0.5) is 0 Å². The Bertz CT molecular complexity index is 283. The highest BCUT2D eigenvalue weighted by molar-refractivity contribution is 5.83. The molecule has 0 unspecified atom stereocenters. The van der Waals surface area contributed by atoms with Gasteiger partial charge in [0.2, 0.25) is 5.91 Å². The van der Waals surface area contributed by atoms with Crippen LogP contribution >= 0.6 is 0 Å². The molecule has 1 rings (SSSR count). The quantitative estimate of drug-likeness (QED) is 0.217. The molecule has 4 N–H and O–H groups in total. The third kappa shape index (κ3) is 3.61. The molecule has 5 heteroatoms. The van der Waals surface area contributed by atoms with Crippen LogP contribution in [0.25, 0.3) is 0 Å². The molecule has 5 nitrogen and oxygen atoms in total. The van der Waals surface area contributed by atoms with Crippen molar-refractivity contribution in [3.63, 3.8) is 0 Å². The summed E-state index contributed by atoms with van der Waals surface area (Å²) in [7, 11) is 0. The molecule has 1 aliphatic rings. The minimum atomic E-state index is -0.128. The normalized spacial score (nSPS) is 19.2. The predicted molar refractivity (Wildman–Crippen MR) is 66.8 cm³/mol. The summed E-state index contributed by atoms with van der Waals surface area (Å²) in [5.74, 6) is 0.391. The van der Waals surface area contributed by atoms with E-state index in [2.05, 4.69) is 17.4 Å². The summed E-state index contributed by atoms with van der Waals surface area (Å²) in [6.45, 7) is 2.68. The summed E-state index contributed by atoms with van der Waals surface area (Å²) in [5, 5.41) is 14.2. The van der Waals surface area contributed by atoms with E-state index in [9.17, 15) is 4.79 Å². The zero-order valence-corrected chi connectivity index (χ0v) is 10.5. The number of carbonyl (C=O) groups excluding carboxylic acids is 1. The standard InChI is InChI=1S/C12H23N3O2/c1-2-12(7-3-4-8-12)11(16)14-9-5-6-10(13)15-17/h17H,2-9H2,1H3,(H2,13,15)(H,14,16). The Morgan fingerprint density at radius 1 is 1.47 bits per heavy atom. The van der Waals surface area contributed by atoms with Crippen molar-refractivity contribution < 1.29 is 10.0 Å². The van der Waals surface area contributed by atoms with Gasteiger partial charge in [0.1, 0.15) is 5.84 Å². The maximum Gasteiger partial charge on any atom is 0.226 e. The Kier molecular flexibility index (Phi) is 5.25. The van der Waals surface area contributed by atoms with Crippen LogP contribution < -0.4 is 11.1 Å². The second kappa shape index (κ2) is 6.47. The SMILES string of the molecule is CCC1(C(=O)NCCCC(N)=NO)CCCC1. The minimum absolute atomic E-state index is 0.128. The lowest BCUT2D eigenvalue weighted by atomic mass is 9.82. The summed E-state index contributed by atoms with van der Waals surface area (Å²) >= 11 is 0. The summed E-state index contributed by atoms with van der Waals surface area (Å²) < 4.78 is 0. The van der Waals surface area contributed by atoms with Crippen LogP contribution in [0.5, 0.6) is 0 Å². The summed E-state index contributed by atoms with van der Waals surface area (Å²) in [4.78, 5) is 12.1. The van der Waals surface area contributed by atoms with E-state index >= 15 is 0 Å². The predicted octanol–water partition coefficient (Wildman–Crippen LogP) is 1.60. The third-order valence-electron chi connectivity index (χ3n) is 3.74. The van der Waals surface area contributed by atoms with Crippen LogP contribution in [0, 0.1) is 5.41 Å². The number of carbonyl (C=O) groups is 1. The van der Waals surface area contributed by atoms with Crippen molar-refractivity contribution in [3.05, 3.63) is 0 Å². The number of oxime groups is 1. The number of amides is 1. The fraction of sp³-hybridized carbons (Fsp3) is 0.833. The zero-order chi connectivity index (χ0) is 12.7. The molecule has 0 bridgehead atoms. The maximum absolute atomic E-state index is 12.1. The van der Waals surface area contributed by atoms with Gasteiger partial charge in [-0.2, -0.15) is 0 Å². The Labute approximate surface area is 102 Å². The Balaban J connectivity index is 2.29. The van der Waals surface area contributed by atoms with Crippen molar-refractivity contribution in [3.8, 4) is 0 Å². The Morgan fingerprint density at radius 2 is 2.12 bits per heavy atom. The van der Waals surface area contributed by atoms with Gasteiger partial charge in [-0.3, -0.25) is 4.79 Å². The van der Waals surface area contributed by atoms with Gasteiger partial charge in [0.05, 0.1) is 0 Å². The van der Waals surface area contributed by atoms with Gasteiger partial charge in [0.15, 0.2) is 0 Å². The van der Waals surface area contributed by atoms with Crippen molar-refractivity contribution in [1.82, 2.24) is 5.32 Å². The molecule has 0 atom stereocenters. The van der Waals surface area contributed by atoms with E-state index in [1.807, 2.05) is 0 Å². The molecule has 0 saturated heterocycles. The van der Waals surface area contributed by atoms with Crippen LogP contribution in [0.1, 0.15) is 51.9 Å². The molecule has 0 aromatic rings. The fourth-order valence-corrected chi connectivity index (χ4v) is 2.50. The molecule has 0 aromatic carbocycles. The first-order chi connectivity index (χ1) is 8.14. The number of nitrogens with one attached hydrogen (secondary N) is 1. The number of nitrogens with two attached hydrogens (primary N) is 1. The van der Waals surface area contributed by atoms with E-state index in [1.54, 1.807) is 0 Å². The molecule has 0 spiro atoms. The van der Waals surface area contributed by atoms with E-state index in [0.29, 0.717) is 19.4 Å². The van der Waals surface area contributed by atoms with Gasteiger partial charge in [0, 0.05) is 18.4 Å². The Morgan fingerprint density at radius 3 is 2.65 bits per heavy atom. The zero-order valence-electron chi connectivity index (χ0n) is 10.5. The number of amidine groups is 1. The van der Waals surface area contributed by atoms with Gasteiger partial charge >= 0.3 is 0 Å². The number of rotatable bonds is 6. The summed E-state index contributed by atoms with van der Waals surface area (Å²) in [6, 6.07) is 0. The largest absolute Gasteiger partial charge is 0.409 e. The number of hydrogen-bond donors (Lipinski definition) is 3. The van der Waals surface area contributed by atoms with Crippen LogP contribution in [0.3, 0.4) is 0 Å². The average molecular weight is 241 g/mol. The van der Waals surface area contributed by atoms with Crippen LogP contribution in [0.15, 0.2) is 5.16 Å². The number of nitrogens with zero attached hydrogens (tertiary/aromatic N) is 1. The van der Waals surface area contributed by atoms with Gasteiger partial charge in [-0.1, -0.05) is 24.9 Å². The van der Waals surface area contributed by atoms with E-state index in [0.717, 1.165) is 32.1 Å². The topological polar surface area (TPSA) is 87.7 Å². The van der Waals surface area contributed by atoms with Gasteiger partial charge in [-0.25, -0.2) is 0 Å². The maximum atomic E-state index is 12.1. The monoisotopic (exact) mass is 241 g/mol. The molecule has 1 amide bonds. The molecule has 0 aliphatic heterocycles. The van der Waals surface area contributed by atoms with Crippen molar-refractivity contribution in [2.45, 2.75) is 51.9 Å².